The predicted molar refractivity (Wildman–Crippen MR) is 64.7 cm³/mol. The Morgan fingerprint density at radius 2 is 2.00 bits per heavy atom. The van der Waals surface area contributed by atoms with Crippen LogP contribution in [-0.4, -0.2) is 11.0 Å². The van der Waals surface area contributed by atoms with Crippen LogP contribution >= 0.6 is 0 Å². The van der Waals surface area contributed by atoms with Crippen molar-refractivity contribution in [1.29, 1.82) is 0 Å². The molecule has 84 valence electrons. The second-order valence-corrected chi connectivity index (χ2v) is 4.68. The summed E-state index contributed by atoms with van der Waals surface area (Å²) in [6, 6.07) is 6.72. The van der Waals surface area contributed by atoms with Crippen molar-refractivity contribution >= 4 is 0 Å². The molecule has 0 amide bonds. The van der Waals surface area contributed by atoms with E-state index in [0.29, 0.717) is 6.04 Å². The third-order valence-electron chi connectivity index (χ3n) is 2.40. The molecule has 1 rings (SSSR count). The Bertz CT molecular complexity index is 294. The highest BCUT2D eigenvalue weighted by Crippen LogP contribution is 2.05. The topological polar surface area (TPSA) is 24.9 Å². The molecule has 2 nitrogen and oxygen atoms in total. The lowest BCUT2D eigenvalue weighted by molar-refractivity contribution is 0.439. The molecule has 0 bridgehead atoms. The zero-order valence-corrected chi connectivity index (χ0v) is 10.2. The molecule has 1 unspecified atom stereocenters. The Kier molecular flexibility index (Phi) is 4.76. The van der Waals surface area contributed by atoms with E-state index in [9.17, 15) is 0 Å². The maximum absolute atomic E-state index is 4.46. The summed E-state index contributed by atoms with van der Waals surface area (Å²) >= 11 is 0. The summed E-state index contributed by atoms with van der Waals surface area (Å²) in [5.41, 5.74) is 2.22. The van der Waals surface area contributed by atoms with Crippen LogP contribution in [0.15, 0.2) is 18.2 Å². The summed E-state index contributed by atoms with van der Waals surface area (Å²) in [5.74, 6) is 0.748. The van der Waals surface area contributed by atoms with Gasteiger partial charge in [-0.1, -0.05) is 19.9 Å². The van der Waals surface area contributed by atoms with Gasteiger partial charge in [0.05, 0.1) is 5.69 Å². The number of hydrogen-bond donors (Lipinski definition) is 1. The quantitative estimate of drug-likeness (QED) is 0.801. The van der Waals surface area contributed by atoms with Crippen molar-refractivity contribution < 1.29 is 0 Å². The van der Waals surface area contributed by atoms with E-state index in [1.54, 1.807) is 0 Å². The van der Waals surface area contributed by atoms with E-state index in [1.807, 2.05) is 13.0 Å². The second-order valence-electron chi connectivity index (χ2n) is 4.68. The Labute approximate surface area is 93.1 Å². The van der Waals surface area contributed by atoms with Crippen molar-refractivity contribution in [3.8, 4) is 0 Å². The van der Waals surface area contributed by atoms with E-state index in [1.165, 1.54) is 6.42 Å². The summed E-state index contributed by atoms with van der Waals surface area (Å²) in [6.45, 7) is 9.64. The third kappa shape index (κ3) is 4.93. The molecule has 1 heterocycles. The van der Waals surface area contributed by atoms with Crippen molar-refractivity contribution in [2.24, 2.45) is 5.92 Å². The average molecular weight is 206 g/mol. The molecule has 0 aliphatic rings. The molecule has 2 heteroatoms. The summed E-state index contributed by atoms with van der Waals surface area (Å²) in [6.07, 6.45) is 1.21. The van der Waals surface area contributed by atoms with Gasteiger partial charge in [-0.05, 0) is 38.3 Å². The molecular weight excluding hydrogens is 184 g/mol. The first-order chi connectivity index (χ1) is 7.08. The van der Waals surface area contributed by atoms with E-state index in [-0.39, 0.29) is 0 Å². The minimum atomic E-state index is 0.562. The first kappa shape index (κ1) is 12.2. The van der Waals surface area contributed by atoms with E-state index < -0.39 is 0 Å². The van der Waals surface area contributed by atoms with E-state index in [0.717, 1.165) is 23.9 Å². The first-order valence-corrected chi connectivity index (χ1v) is 5.74. The normalized spacial score (nSPS) is 13.1. The SMILES string of the molecule is Cc1cccc(CNC(C)CC(C)C)n1. The Morgan fingerprint density at radius 3 is 2.60 bits per heavy atom. The molecule has 0 saturated heterocycles. The lowest BCUT2D eigenvalue weighted by Gasteiger charge is -2.15. The number of pyridine rings is 1. The Balaban J connectivity index is 2.36. The highest BCUT2D eigenvalue weighted by Gasteiger charge is 2.04. The largest absolute Gasteiger partial charge is 0.309 e. The second kappa shape index (κ2) is 5.86. The van der Waals surface area contributed by atoms with Gasteiger partial charge in [-0.15, -0.1) is 0 Å². The van der Waals surface area contributed by atoms with Gasteiger partial charge in [-0.25, -0.2) is 0 Å². The molecular formula is C13H22N2. The minimum Gasteiger partial charge on any atom is -0.309 e. The monoisotopic (exact) mass is 206 g/mol. The molecule has 1 aromatic rings. The molecule has 1 N–H and O–H groups in total. The fourth-order valence-corrected chi connectivity index (χ4v) is 1.77. The summed E-state index contributed by atoms with van der Waals surface area (Å²) in [4.78, 5) is 4.46. The minimum absolute atomic E-state index is 0.562. The van der Waals surface area contributed by atoms with Crippen LogP contribution in [0.4, 0.5) is 0 Å². The van der Waals surface area contributed by atoms with Crippen LogP contribution in [0.2, 0.25) is 0 Å². The lowest BCUT2D eigenvalue weighted by Crippen LogP contribution is -2.27. The first-order valence-electron chi connectivity index (χ1n) is 5.74. The average Bonchev–Trinajstić information content (AvgIpc) is 2.14. The summed E-state index contributed by atoms with van der Waals surface area (Å²) in [7, 11) is 0. The van der Waals surface area contributed by atoms with E-state index in [4.69, 9.17) is 0 Å². The maximum atomic E-state index is 4.46. The molecule has 0 radical (unpaired) electrons. The standard InChI is InChI=1S/C13H22N2/c1-10(2)8-12(4)14-9-13-7-5-6-11(3)15-13/h5-7,10,12,14H,8-9H2,1-4H3. The fourth-order valence-electron chi connectivity index (χ4n) is 1.77. The molecule has 0 fully saturated rings. The van der Waals surface area contributed by atoms with Gasteiger partial charge in [0.15, 0.2) is 0 Å². The summed E-state index contributed by atoms with van der Waals surface area (Å²) in [5, 5.41) is 3.49. The maximum Gasteiger partial charge on any atom is 0.0544 e. The molecule has 0 aromatic carbocycles. The van der Waals surface area contributed by atoms with Gasteiger partial charge in [0.25, 0.3) is 0 Å². The van der Waals surface area contributed by atoms with Crippen molar-refractivity contribution in [2.45, 2.75) is 46.7 Å². The zero-order valence-electron chi connectivity index (χ0n) is 10.2. The van der Waals surface area contributed by atoms with Gasteiger partial charge in [0, 0.05) is 18.3 Å². The molecule has 1 atom stereocenters. The van der Waals surface area contributed by atoms with Gasteiger partial charge < -0.3 is 5.32 Å². The lowest BCUT2D eigenvalue weighted by atomic mass is 10.1. The molecule has 0 spiro atoms. The fraction of sp³-hybridized carbons (Fsp3) is 0.615. The van der Waals surface area contributed by atoms with Crippen LogP contribution in [-0.2, 0) is 6.54 Å². The van der Waals surface area contributed by atoms with E-state index >= 15 is 0 Å². The Hall–Kier alpha value is -0.890. The van der Waals surface area contributed by atoms with Crippen LogP contribution in [0.1, 0.15) is 38.6 Å². The van der Waals surface area contributed by atoms with Crippen molar-refractivity contribution in [3.05, 3.63) is 29.6 Å². The van der Waals surface area contributed by atoms with Gasteiger partial charge in [-0.3, -0.25) is 4.98 Å². The number of rotatable bonds is 5. The van der Waals surface area contributed by atoms with Gasteiger partial charge >= 0.3 is 0 Å². The number of nitrogens with one attached hydrogen (secondary N) is 1. The van der Waals surface area contributed by atoms with Crippen molar-refractivity contribution in [3.63, 3.8) is 0 Å². The van der Waals surface area contributed by atoms with Crippen LogP contribution in [0.5, 0.6) is 0 Å². The van der Waals surface area contributed by atoms with Crippen LogP contribution in [0.25, 0.3) is 0 Å². The molecule has 0 aliphatic heterocycles. The Morgan fingerprint density at radius 1 is 1.27 bits per heavy atom. The van der Waals surface area contributed by atoms with E-state index in [2.05, 4.69) is 43.2 Å². The molecule has 0 saturated carbocycles. The molecule has 1 aromatic heterocycles. The summed E-state index contributed by atoms with van der Waals surface area (Å²) < 4.78 is 0. The smallest absolute Gasteiger partial charge is 0.0544 e. The van der Waals surface area contributed by atoms with Gasteiger partial charge in [0.1, 0.15) is 0 Å². The molecule has 0 aliphatic carbocycles. The van der Waals surface area contributed by atoms with Gasteiger partial charge in [-0.2, -0.15) is 0 Å². The van der Waals surface area contributed by atoms with Gasteiger partial charge in [0.2, 0.25) is 0 Å². The van der Waals surface area contributed by atoms with Crippen LogP contribution < -0.4 is 5.32 Å². The van der Waals surface area contributed by atoms with Crippen LogP contribution in [0, 0.1) is 12.8 Å². The van der Waals surface area contributed by atoms with Crippen molar-refractivity contribution in [2.75, 3.05) is 0 Å². The zero-order chi connectivity index (χ0) is 11.3. The highest BCUT2D eigenvalue weighted by molar-refractivity contribution is 5.09. The molecule has 15 heavy (non-hydrogen) atoms. The number of hydrogen-bond acceptors (Lipinski definition) is 2. The highest BCUT2D eigenvalue weighted by atomic mass is 14.9. The van der Waals surface area contributed by atoms with Crippen molar-refractivity contribution in [1.82, 2.24) is 10.3 Å². The number of nitrogens with zero attached hydrogens (tertiary/aromatic N) is 1. The number of aromatic nitrogens is 1. The predicted octanol–water partition coefficient (Wildman–Crippen LogP) is 2.91. The van der Waals surface area contributed by atoms with Crippen LogP contribution in [0.3, 0.4) is 0 Å². The third-order valence-corrected chi connectivity index (χ3v) is 2.40. The number of aryl methyl sites for hydroxylation is 1.